The van der Waals surface area contributed by atoms with E-state index in [9.17, 15) is 25.2 Å². The average molecular weight is 487 g/mol. The molecule has 0 spiro atoms. The maximum atomic E-state index is 11.6. The molecule has 4 aliphatic carbocycles. The Labute approximate surface area is 207 Å². The summed E-state index contributed by atoms with van der Waals surface area (Å²) in [5.41, 5.74) is 1.31. The maximum absolute atomic E-state index is 11.6. The second-order valence-corrected chi connectivity index (χ2v) is 11.4. The highest BCUT2D eigenvalue weighted by Gasteiger charge is 2.66. The van der Waals surface area contributed by atoms with Crippen molar-refractivity contribution in [2.75, 3.05) is 0 Å². The van der Waals surface area contributed by atoms with Crippen molar-refractivity contribution < 1.29 is 34.7 Å². The third-order valence-corrected chi connectivity index (χ3v) is 10.1. The number of aliphatic carboxylic acids is 1. The van der Waals surface area contributed by atoms with Gasteiger partial charge in [0.1, 0.15) is 23.9 Å². The third kappa shape index (κ3) is 3.56. The lowest BCUT2D eigenvalue weighted by molar-refractivity contribution is -0.325. The Morgan fingerprint density at radius 2 is 2.03 bits per heavy atom. The molecule has 7 nitrogen and oxygen atoms in total. The van der Waals surface area contributed by atoms with Crippen molar-refractivity contribution in [3.8, 4) is 12.3 Å². The molecule has 0 amide bonds. The molecule has 3 saturated carbocycles. The van der Waals surface area contributed by atoms with Gasteiger partial charge in [-0.1, -0.05) is 36.6 Å². The van der Waals surface area contributed by atoms with Gasteiger partial charge in [-0.15, -0.1) is 6.42 Å². The molecule has 35 heavy (non-hydrogen) atoms. The number of rotatable bonds is 4. The lowest BCUT2D eigenvalue weighted by atomic mass is 9.48. The van der Waals surface area contributed by atoms with Gasteiger partial charge in [0.15, 0.2) is 12.4 Å². The van der Waals surface area contributed by atoms with Crippen LogP contribution in [0.1, 0.15) is 64.7 Å². The summed E-state index contributed by atoms with van der Waals surface area (Å²) in [6.07, 6.45) is 9.12. The number of carbonyl (C=O) groups is 1. The van der Waals surface area contributed by atoms with Crippen LogP contribution in [-0.2, 0) is 14.3 Å². The predicted octanol–water partition coefficient (Wildman–Crippen LogP) is 2.79. The summed E-state index contributed by atoms with van der Waals surface area (Å²) in [5.74, 6) is 3.31. The molecule has 1 heterocycles. The molecule has 0 aromatic heterocycles. The fourth-order valence-electron chi connectivity index (χ4n) is 8.56. The second-order valence-electron chi connectivity index (χ2n) is 11.4. The highest BCUT2D eigenvalue weighted by molar-refractivity contribution is 5.73. The fraction of sp³-hybridized carbons (Fsp3) is 0.750. The van der Waals surface area contributed by atoms with E-state index in [4.69, 9.17) is 15.9 Å². The topological polar surface area (TPSA) is 116 Å². The fourth-order valence-corrected chi connectivity index (χ4v) is 8.56. The molecule has 0 radical (unpaired) electrons. The lowest BCUT2D eigenvalue weighted by Crippen LogP contribution is -2.63. The smallest absolute Gasteiger partial charge is 0.335 e. The average Bonchev–Trinajstić information content (AvgIpc) is 3.18. The number of aliphatic hydroxyl groups is 3. The van der Waals surface area contributed by atoms with Crippen LogP contribution in [0.4, 0.5) is 0 Å². The van der Waals surface area contributed by atoms with Gasteiger partial charge in [-0.2, -0.15) is 0 Å². The van der Waals surface area contributed by atoms with Crippen LogP contribution in [0.5, 0.6) is 0 Å². The first-order valence-corrected chi connectivity index (χ1v) is 13.1. The van der Waals surface area contributed by atoms with Gasteiger partial charge in [-0.3, -0.25) is 0 Å². The van der Waals surface area contributed by atoms with Gasteiger partial charge in [0.05, 0.1) is 0 Å². The highest BCUT2D eigenvalue weighted by atomic mass is 16.7. The molecule has 192 valence electrons. The molecule has 5 aliphatic rings. The van der Waals surface area contributed by atoms with E-state index >= 15 is 0 Å². The minimum absolute atomic E-state index is 0.328. The summed E-state index contributed by atoms with van der Waals surface area (Å²) in [4.78, 5) is 11.6. The third-order valence-electron chi connectivity index (χ3n) is 10.1. The Kier molecular flexibility index (Phi) is 6.43. The molecular formula is C28H38O7. The first-order chi connectivity index (χ1) is 16.7. The number of hydrogen-bond acceptors (Lipinski definition) is 6. The molecule has 1 unspecified atom stereocenters. The molecule has 0 aromatic rings. The Balaban J connectivity index is 1.47. The van der Waals surface area contributed by atoms with E-state index in [1.54, 1.807) is 5.57 Å². The normalized spacial score (nSPS) is 49.3. The standard InChI is InChI=1S/C28H38O7/c1-4-27-14-15(3)20-17-9-7-6-8-16(17)10-11-18(20)19(27)12-13-28(27,5-2)35-26-23(31)21(29)22(30)24(34-26)25(32)33/h2,8,17-24,26,29-31H,3-4,6-7,9-14H2,1H3,(H,32,33)/t17-,18-,19-,20+,21-,22-,23+,24-,26?,27-,28-/m0/s1. The van der Waals surface area contributed by atoms with Crippen LogP contribution < -0.4 is 0 Å². The van der Waals surface area contributed by atoms with Crippen LogP contribution >= 0.6 is 0 Å². The minimum Gasteiger partial charge on any atom is -0.479 e. The van der Waals surface area contributed by atoms with E-state index in [2.05, 4.69) is 25.5 Å². The number of aliphatic hydroxyl groups excluding tert-OH is 3. The molecule has 4 N–H and O–H groups in total. The van der Waals surface area contributed by atoms with Gasteiger partial charge in [-0.05, 0) is 81.5 Å². The highest BCUT2D eigenvalue weighted by Crippen LogP contribution is 2.68. The predicted molar refractivity (Wildman–Crippen MR) is 128 cm³/mol. The van der Waals surface area contributed by atoms with Crippen LogP contribution in [0.15, 0.2) is 23.8 Å². The number of allylic oxidation sites excluding steroid dienone is 3. The minimum atomic E-state index is -1.77. The monoisotopic (exact) mass is 486 g/mol. The van der Waals surface area contributed by atoms with Gasteiger partial charge in [0.2, 0.25) is 0 Å². The molecule has 11 atom stereocenters. The zero-order valence-corrected chi connectivity index (χ0v) is 20.4. The Bertz CT molecular complexity index is 951. The number of carboxylic acid groups (broad SMARTS) is 1. The number of ether oxygens (including phenoxy) is 2. The van der Waals surface area contributed by atoms with E-state index in [1.807, 2.05) is 0 Å². The Morgan fingerprint density at radius 3 is 2.71 bits per heavy atom. The van der Waals surface area contributed by atoms with Crippen molar-refractivity contribution in [1.82, 2.24) is 0 Å². The first kappa shape index (κ1) is 25.0. The van der Waals surface area contributed by atoms with Crippen molar-refractivity contribution in [1.29, 1.82) is 0 Å². The van der Waals surface area contributed by atoms with Gasteiger partial charge >= 0.3 is 5.97 Å². The van der Waals surface area contributed by atoms with Crippen LogP contribution in [0.25, 0.3) is 0 Å². The van der Waals surface area contributed by atoms with Gasteiger partial charge in [0, 0.05) is 5.41 Å². The zero-order chi connectivity index (χ0) is 25.1. The molecule has 5 rings (SSSR count). The van der Waals surface area contributed by atoms with E-state index in [1.165, 1.54) is 24.8 Å². The second kappa shape index (κ2) is 9.00. The van der Waals surface area contributed by atoms with Crippen molar-refractivity contribution in [3.05, 3.63) is 23.8 Å². The van der Waals surface area contributed by atoms with Crippen LogP contribution in [0.3, 0.4) is 0 Å². The number of terminal acetylenes is 1. The maximum Gasteiger partial charge on any atom is 0.335 e. The summed E-state index contributed by atoms with van der Waals surface area (Å²) < 4.78 is 11.9. The molecule has 4 fully saturated rings. The number of carboxylic acids is 1. The van der Waals surface area contributed by atoms with Crippen LogP contribution in [0, 0.1) is 41.4 Å². The summed E-state index contributed by atoms with van der Waals surface area (Å²) in [6, 6.07) is 0. The summed E-state index contributed by atoms with van der Waals surface area (Å²) in [6.45, 7) is 6.70. The molecule has 1 saturated heterocycles. The van der Waals surface area contributed by atoms with Crippen molar-refractivity contribution in [3.63, 3.8) is 0 Å². The van der Waals surface area contributed by atoms with E-state index in [0.29, 0.717) is 30.1 Å². The van der Waals surface area contributed by atoms with Gasteiger partial charge in [-0.25, -0.2) is 4.79 Å². The van der Waals surface area contributed by atoms with E-state index in [0.717, 1.165) is 32.1 Å². The Hall–Kier alpha value is -1.69. The van der Waals surface area contributed by atoms with E-state index < -0.39 is 47.7 Å². The van der Waals surface area contributed by atoms with Crippen molar-refractivity contribution >= 4 is 5.97 Å². The SMILES string of the molecule is C#C[C@]1(OC2O[C@H](C(=O)O)[C@@H](O)[C@H](O)[C@H]2O)CC[C@H]2[C@@H]3CCC4=CCCC[C@@H]4[C@H]3C(=C)C[C@@]21CC. The van der Waals surface area contributed by atoms with Crippen LogP contribution in [-0.4, -0.2) is 62.7 Å². The lowest BCUT2D eigenvalue weighted by Gasteiger charge is -2.58. The molecule has 1 aliphatic heterocycles. The number of fused-ring (bicyclic) bond motifs is 5. The van der Waals surface area contributed by atoms with E-state index in [-0.39, 0.29) is 0 Å². The van der Waals surface area contributed by atoms with Crippen LogP contribution in [0.2, 0.25) is 0 Å². The summed E-state index contributed by atoms with van der Waals surface area (Å²) in [5, 5.41) is 40.5. The van der Waals surface area contributed by atoms with Crippen molar-refractivity contribution in [2.24, 2.45) is 29.1 Å². The number of hydrogen-bond donors (Lipinski definition) is 4. The van der Waals surface area contributed by atoms with Gasteiger partial charge < -0.3 is 29.9 Å². The first-order valence-electron chi connectivity index (χ1n) is 13.1. The molecule has 0 bridgehead atoms. The van der Waals surface area contributed by atoms with Crippen molar-refractivity contribution in [2.45, 2.75) is 101 Å². The zero-order valence-electron chi connectivity index (χ0n) is 20.4. The molecule has 7 heteroatoms. The summed E-state index contributed by atoms with van der Waals surface area (Å²) >= 11 is 0. The molecular weight excluding hydrogens is 448 g/mol. The largest absolute Gasteiger partial charge is 0.479 e. The quantitative estimate of drug-likeness (QED) is 0.357. The summed E-state index contributed by atoms with van der Waals surface area (Å²) in [7, 11) is 0. The molecule has 0 aromatic carbocycles. The Morgan fingerprint density at radius 1 is 1.26 bits per heavy atom. The van der Waals surface area contributed by atoms with Gasteiger partial charge in [0.25, 0.3) is 0 Å².